The molecule has 13 aromatic carbocycles. The van der Waals surface area contributed by atoms with Gasteiger partial charge in [-0.25, -0.2) is 0 Å². The summed E-state index contributed by atoms with van der Waals surface area (Å²) < 4.78 is 0. The fraction of sp³-hybridized carbons (Fsp3) is 0.0137. The van der Waals surface area contributed by atoms with E-state index in [0.717, 1.165) is 22.6 Å². The lowest BCUT2D eigenvalue weighted by atomic mass is 9.68. The van der Waals surface area contributed by atoms with Crippen LogP contribution in [0.1, 0.15) is 22.3 Å². The molecule has 0 saturated heterocycles. The molecule has 14 rings (SSSR count). The van der Waals surface area contributed by atoms with Gasteiger partial charge in [0.25, 0.3) is 0 Å². The van der Waals surface area contributed by atoms with Gasteiger partial charge in [-0.15, -0.1) is 0 Å². The number of anilines is 3. The van der Waals surface area contributed by atoms with Crippen molar-refractivity contribution in [1.29, 1.82) is 0 Å². The minimum atomic E-state index is -0.518. The molecule has 0 spiro atoms. The second-order valence-electron chi connectivity index (χ2n) is 19.5. The number of hydrogen-bond acceptors (Lipinski definition) is 1. The summed E-state index contributed by atoms with van der Waals surface area (Å²) in [4.78, 5) is 2.55. The Kier molecular flexibility index (Phi) is 10.5. The van der Waals surface area contributed by atoms with Crippen molar-refractivity contribution in [2.45, 2.75) is 5.41 Å². The SMILES string of the molecule is c1ccc(-c2cccc(-c3ccc(N(c4ccc5c(c4)-c4ccccc4C5(c4ccccc4)c4ccccc4)c4c(-c5cccc6cc(-c7ccccc7)ccc56)c5ccccc5c5ccccc45)cc3)c2)cc1. The van der Waals surface area contributed by atoms with E-state index < -0.39 is 5.41 Å². The lowest BCUT2D eigenvalue weighted by Crippen LogP contribution is -2.28. The van der Waals surface area contributed by atoms with Crippen LogP contribution >= 0.6 is 0 Å². The molecule has 0 N–H and O–H groups in total. The van der Waals surface area contributed by atoms with Gasteiger partial charge < -0.3 is 4.90 Å². The molecule has 0 unspecified atom stereocenters. The Labute approximate surface area is 432 Å². The van der Waals surface area contributed by atoms with Crippen LogP contribution in [0.3, 0.4) is 0 Å². The summed E-state index contributed by atoms with van der Waals surface area (Å²) in [5, 5.41) is 7.24. The molecule has 1 heteroatoms. The Morgan fingerprint density at radius 1 is 0.243 bits per heavy atom. The molecule has 0 fully saturated rings. The Morgan fingerprint density at radius 3 is 1.36 bits per heavy atom. The highest BCUT2D eigenvalue weighted by Crippen LogP contribution is 2.58. The predicted molar refractivity (Wildman–Crippen MR) is 313 cm³/mol. The molecule has 1 aliphatic rings. The summed E-state index contributed by atoms with van der Waals surface area (Å²) in [7, 11) is 0. The average Bonchev–Trinajstić information content (AvgIpc) is 3.79. The van der Waals surface area contributed by atoms with E-state index >= 15 is 0 Å². The Hall–Kier alpha value is -9.56. The lowest BCUT2D eigenvalue weighted by molar-refractivity contribution is 0.768. The maximum absolute atomic E-state index is 2.55. The van der Waals surface area contributed by atoms with Crippen molar-refractivity contribution in [2.24, 2.45) is 0 Å². The Morgan fingerprint density at radius 2 is 0.703 bits per heavy atom. The summed E-state index contributed by atoms with van der Waals surface area (Å²) in [6.07, 6.45) is 0. The number of rotatable bonds is 9. The van der Waals surface area contributed by atoms with E-state index in [1.165, 1.54) is 105 Å². The van der Waals surface area contributed by atoms with Gasteiger partial charge in [0.05, 0.1) is 11.1 Å². The van der Waals surface area contributed by atoms with Gasteiger partial charge >= 0.3 is 0 Å². The van der Waals surface area contributed by atoms with Gasteiger partial charge in [-0.3, -0.25) is 0 Å². The highest BCUT2D eigenvalue weighted by molar-refractivity contribution is 6.24. The maximum atomic E-state index is 2.55. The van der Waals surface area contributed by atoms with Crippen LogP contribution in [0.15, 0.2) is 297 Å². The van der Waals surface area contributed by atoms with E-state index in [1.807, 2.05) is 0 Å². The van der Waals surface area contributed by atoms with Crippen LogP contribution in [-0.2, 0) is 5.41 Å². The molecule has 0 aromatic heterocycles. The molecule has 0 saturated carbocycles. The molecular weight excluding hydrogens is 891 g/mol. The number of nitrogens with zero attached hydrogens (tertiary/aromatic N) is 1. The summed E-state index contributed by atoms with van der Waals surface area (Å²) >= 11 is 0. The van der Waals surface area contributed by atoms with Gasteiger partial charge in [0.2, 0.25) is 0 Å². The van der Waals surface area contributed by atoms with Crippen LogP contribution in [0.25, 0.3) is 88.0 Å². The molecule has 74 heavy (non-hydrogen) atoms. The van der Waals surface area contributed by atoms with Crippen LogP contribution in [0.5, 0.6) is 0 Å². The predicted octanol–water partition coefficient (Wildman–Crippen LogP) is 19.6. The van der Waals surface area contributed by atoms with E-state index in [2.05, 4.69) is 302 Å². The minimum Gasteiger partial charge on any atom is -0.309 e. The van der Waals surface area contributed by atoms with Gasteiger partial charge in [0, 0.05) is 22.3 Å². The molecule has 0 aliphatic heterocycles. The topological polar surface area (TPSA) is 3.24 Å². The summed E-state index contributed by atoms with van der Waals surface area (Å²) in [6.45, 7) is 0. The van der Waals surface area contributed by atoms with Crippen molar-refractivity contribution in [3.8, 4) is 55.6 Å². The van der Waals surface area contributed by atoms with Crippen molar-refractivity contribution < 1.29 is 0 Å². The van der Waals surface area contributed by atoms with Crippen LogP contribution in [-0.4, -0.2) is 0 Å². The second-order valence-corrected chi connectivity index (χ2v) is 19.5. The zero-order chi connectivity index (χ0) is 49.0. The van der Waals surface area contributed by atoms with Gasteiger partial charge in [-0.1, -0.05) is 261 Å². The van der Waals surface area contributed by atoms with Crippen LogP contribution in [0.4, 0.5) is 17.1 Å². The molecule has 0 atom stereocenters. The minimum absolute atomic E-state index is 0.518. The second kappa shape index (κ2) is 17.9. The molecular formula is C73H49N. The molecule has 13 aromatic rings. The van der Waals surface area contributed by atoms with Crippen molar-refractivity contribution >= 4 is 49.4 Å². The van der Waals surface area contributed by atoms with E-state index in [9.17, 15) is 0 Å². The zero-order valence-corrected chi connectivity index (χ0v) is 40.7. The third-order valence-electron chi connectivity index (χ3n) is 15.5. The first-order valence-electron chi connectivity index (χ1n) is 25.7. The molecule has 0 radical (unpaired) electrons. The van der Waals surface area contributed by atoms with Gasteiger partial charge in [0.1, 0.15) is 0 Å². The van der Waals surface area contributed by atoms with Crippen LogP contribution < -0.4 is 4.90 Å². The molecule has 1 aliphatic carbocycles. The van der Waals surface area contributed by atoms with Crippen molar-refractivity contribution in [2.75, 3.05) is 4.90 Å². The largest absolute Gasteiger partial charge is 0.309 e. The molecule has 1 nitrogen and oxygen atoms in total. The summed E-state index contributed by atoms with van der Waals surface area (Å²) in [6, 6.07) is 110. The average molecular weight is 940 g/mol. The van der Waals surface area contributed by atoms with Crippen LogP contribution in [0, 0.1) is 0 Å². The van der Waals surface area contributed by atoms with E-state index in [1.54, 1.807) is 0 Å². The summed E-state index contributed by atoms with van der Waals surface area (Å²) in [5.74, 6) is 0. The van der Waals surface area contributed by atoms with Crippen molar-refractivity contribution in [3.05, 3.63) is 320 Å². The van der Waals surface area contributed by atoms with Gasteiger partial charge in [0.15, 0.2) is 0 Å². The van der Waals surface area contributed by atoms with Gasteiger partial charge in [-0.2, -0.15) is 0 Å². The standard InChI is InChI=1S/C73H49N/c1-5-21-50(22-6-1)53-25-19-26-54(47-53)52-39-42-59(43-40-52)74(60-44-46-70-68(49-60)64-34-17-18-38-69(64)73(70,57-28-9-3-10-29-57)58-30-11-4-12-31-58)72-67-36-16-14-33-63(67)62-32-13-15-35-66(62)71(72)65-37-20-27-56-48-55(41-45-61(56)65)51-23-7-2-8-24-51/h1-49H. The zero-order valence-electron chi connectivity index (χ0n) is 40.7. The first kappa shape index (κ1) is 43.2. The number of benzene rings is 13. The Bertz CT molecular complexity index is 4180. The molecule has 346 valence electrons. The first-order chi connectivity index (χ1) is 36.7. The highest BCUT2D eigenvalue weighted by Gasteiger charge is 2.46. The highest BCUT2D eigenvalue weighted by atomic mass is 15.1. The van der Waals surface area contributed by atoms with E-state index in [0.29, 0.717) is 0 Å². The van der Waals surface area contributed by atoms with E-state index in [4.69, 9.17) is 0 Å². The lowest BCUT2D eigenvalue weighted by Gasteiger charge is -2.34. The summed E-state index contributed by atoms with van der Waals surface area (Å²) in [5.41, 5.74) is 19.9. The van der Waals surface area contributed by atoms with Crippen molar-refractivity contribution in [1.82, 2.24) is 0 Å². The number of hydrogen-bond donors (Lipinski definition) is 0. The molecule has 0 heterocycles. The van der Waals surface area contributed by atoms with Crippen LogP contribution in [0.2, 0.25) is 0 Å². The molecule has 0 amide bonds. The smallest absolute Gasteiger partial charge is 0.0713 e. The maximum Gasteiger partial charge on any atom is 0.0713 e. The fourth-order valence-electron chi connectivity index (χ4n) is 12.2. The monoisotopic (exact) mass is 939 g/mol. The normalized spacial score (nSPS) is 12.4. The van der Waals surface area contributed by atoms with Gasteiger partial charge in [-0.05, 0) is 136 Å². The van der Waals surface area contributed by atoms with Crippen molar-refractivity contribution in [3.63, 3.8) is 0 Å². The third kappa shape index (κ3) is 7.00. The third-order valence-corrected chi connectivity index (χ3v) is 15.5. The van der Waals surface area contributed by atoms with E-state index in [-0.39, 0.29) is 0 Å². The first-order valence-corrected chi connectivity index (χ1v) is 25.7. The molecule has 0 bridgehead atoms. The number of fused-ring (bicyclic) bond motifs is 7. The Balaban J connectivity index is 1.05. The fourth-order valence-corrected chi connectivity index (χ4v) is 12.2. The quantitative estimate of drug-likeness (QED) is 0.130.